The van der Waals surface area contributed by atoms with Crippen LogP contribution in [0.5, 0.6) is 0 Å². The van der Waals surface area contributed by atoms with Crippen LogP contribution in [0.15, 0.2) is 63.6 Å². The minimum absolute atomic E-state index is 0.335. The van der Waals surface area contributed by atoms with Crippen molar-refractivity contribution in [3.8, 4) is 0 Å². The van der Waals surface area contributed by atoms with Gasteiger partial charge in [0.2, 0.25) is 0 Å². The molecule has 1 unspecified atom stereocenters. The largest absolute Gasteiger partial charge is 0.464 e. The summed E-state index contributed by atoms with van der Waals surface area (Å²) < 4.78 is 24.2. The maximum absolute atomic E-state index is 13.2. The van der Waals surface area contributed by atoms with Crippen molar-refractivity contribution in [1.29, 1.82) is 0 Å². The van der Waals surface area contributed by atoms with E-state index in [1.165, 1.54) is 18.4 Å². The van der Waals surface area contributed by atoms with Crippen LogP contribution in [0.25, 0.3) is 21.9 Å². The van der Waals surface area contributed by atoms with Gasteiger partial charge in [-0.25, -0.2) is 4.39 Å². The van der Waals surface area contributed by atoms with Crippen LogP contribution in [0.1, 0.15) is 17.4 Å². The molecular formula is C17H11FO3. The average molecular weight is 282 g/mol. The first-order chi connectivity index (χ1) is 10.2. The van der Waals surface area contributed by atoms with Crippen LogP contribution in [-0.2, 0) is 0 Å². The topological polar surface area (TPSA) is 46.5 Å². The molecule has 0 spiro atoms. The van der Waals surface area contributed by atoms with Gasteiger partial charge >= 0.3 is 0 Å². The Kier molecular flexibility index (Phi) is 2.59. The van der Waals surface area contributed by atoms with Crippen LogP contribution in [0.2, 0.25) is 0 Å². The van der Waals surface area contributed by atoms with Gasteiger partial charge in [0.05, 0.1) is 6.26 Å². The highest BCUT2D eigenvalue weighted by Gasteiger charge is 2.20. The molecule has 4 rings (SSSR count). The Bertz CT molecular complexity index is 935. The van der Waals surface area contributed by atoms with Crippen LogP contribution in [-0.4, -0.2) is 5.11 Å². The molecule has 0 fully saturated rings. The lowest BCUT2D eigenvalue weighted by Crippen LogP contribution is -1.96. The van der Waals surface area contributed by atoms with Crippen molar-refractivity contribution in [3.05, 3.63) is 71.9 Å². The normalized spacial score (nSPS) is 13.0. The molecule has 21 heavy (non-hydrogen) atoms. The molecule has 104 valence electrons. The first kappa shape index (κ1) is 12.2. The Morgan fingerprint density at radius 2 is 1.86 bits per heavy atom. The summed E-state index contributed by atoms with van der Waals surface area (Å²) in [7, 11) is 0. The van der Waals surface area contributed by atoms with Gasteiger partial charge in [0.25, 0.3) is 0 Å². The Balaban J connectivity index is 1.83. The first-order valence-electron chi connectivity index (χ1n) is 6.55. The van der Waals surface area contributed by atoms with Gasteiger partial charge in [0.1, 0.15) is 28.8 Å². The van der Waals surface area contributed by atoms with Crippen molar-refractivity contribution in [1.82, 2.24) is 0 Å². The molecule has 0 aliphatic heterocycles. The number of halogens is 1. The predicted octanol–water partition coefficient (Wildman–Crippen LogP) is 4.40. The summed E-state index contributed by atoms with van der Waals surface area (Å²) in [6, 6.07) is 13.4. The van der Waals surface area contributed by atoms with Crippen LogP contribution < -0.4 is 0 Å². The quantitative estimate of drug-likeness (QED) is 0.592. The average Bonchev–Trinajstić information content (AvgIpc) is 3.09. The summed E-state index contributed by atoms with van der Waals surface area (Å²) in [6.07, 6.45) is 0.562. The zero-order valence-corrected chi connectivity index (χ0v) is 10.9. The first-order valence-corrected chi connectivity index (χ1v) is 6.55. The molecule has 0 radical (unpaired) electrons. The maximum atomic E-state index is 13.2. The third kappa shape index (κ3) is 1.92. The van der Waals surface area contributed by atoms with E-state index in [-0.39, 0.29) is 5.82 Å². The molecule has 0 saturated carbocycles. The van der Waals surface area contributed by atoms with Gasteiger partial charge in [-0.1, -0.05) is 18.2 Å². The van der Waals surface area contributed by atoms with E-state index in [0.29, 0.717) is 27.9 Å². The number of hydrogen-bond donors (Lipinski definition) is 1. The molecule has 0 bridgehead atoms. The van der Waals surface area contributed by atoms with Crippen molar-refractivity contribution in [3.63, 3.8) is 0 Å². The number of rotatable bonds is 2. The maximum Gasteiger partial charge on any atom is 0.140 e. The minimum atomic E-state index is -0.955. The van der Waals surface area contributed by atoms with Crippen molar-refractivity contribution in [2.24, 2.45) is 0 Å². The predicted molar refractivity (Wildman–Crippen MR) is 76.4 cm³/mol. The SMILES string of the molecule is OC(c1cc2cc(F)ccc2o1)c1coc2ccccc12. The zero-order valence-electron chi connectivity index (χ0n) is 10.9. The molecular weight excluding hydrogens is 271 g/mol. The number of para-hydroxylation sites is 1. The standard InChI is InChI=1S/C17H11FO3/c18-11-5-6-14-10(7-11)8-16(21-14)17(19)13-9-20-15-4-2-1-3-12(13)15/h1-9,17,19H. The van der Waals surface area contributed by atoms with E-state index in [9.17, 15) is 9.50 Å². The van der Waals surface area contributed by atoms with E-state index in [0.717, 1.165) is 5.39 Å². The number of benzene rings is 2. The van der Waals surface area contributed by atoms with Gasteiger partial charge in [-0.05, 0) is 30.3 Å². The lowest BCUT2D eigenvalue weighted by Gasteiger charge is -2.04. The van der Waals surface area contributed by atoms with E-state index >= 15 is 0 Å². The van der Waals surface area contributed by atoms with Crippen LogP contribution in [0.4, 0.5) is 4.39 Å². The number of furan rings is 2. The van der Waals surface area contributed by atoms with Crippen molar-refractivity contribution >= 4 is 21.9 Å². The van der Waals surface area contributed by atoms with E-state index in [1.807, 2.05) is 24.3 Å². The monoisotopic (exact) mass is 282 g/mol. The third-order valence-electron chi connectivity index (χ3n) is 3.57. The summed E-state index contributed by atoms with van der Waals surface area (Å²) in [4.78, 5) is 0. The van der Waals surface area contributed by atoms with Crippen molar-refractivity contribution in [2.45, 2.75) is 6.10 Å². The number of aliphatic hydroxyl groups is 1. The lowest BCUT2D eigenvalue weighted by atomic mass is 10.1. The molecule has 2 heterocycles. The highest BCUT2D eigenvalue weighted by atomic mass is 19.1. The number of hydrogen-bond acceptors (Lipinski definition) is 3. The summed E-state index contributed by atoms with van der Waals surface area (Å²) in [5.74, 6) is 0.0280. The molecule has 4 heteroatoms. The van der Waals surface area contributed by atoms with E-state index in [1.54, 1.807) is 12.1 Å². The zero-order chi connectivity index (χ0) is 14.4. The van der Waals surface area contributed by atoms with E-state index < -0.39 is 6.10 Å². The number of aliphatic hydroxyl groups excluding tert-OH is 1. The third-order valence-corrected chi connectivity index (χ3v) is 3.57. The Hall–Kier alpha value is -2.59. The fourth-order valence-electron chi connectivity index (χ4n) is 2.53. The van der Waals surface area contributed by atoms with Crippen LogP contribution in [0, 0.1) is 5.82 Å². The smallest absolute Gasteiger partial charge is 0.140 e. The van der Waals surface area contributed by atoms with Gasteiger partial charge in [0.15, 0.2) is 0 Å². The molecule has 1 N–H and O–H groups in total. The van der Waals surface area contributed by atoms with Gasteiger partial charge in [-0.2, -0.15) is 0 Å². The second kappa shape index (κ2) is 4.46. The molecule has 2 aromatic heterocycles. The molecule has 0 saturated heterocycles. The summed E-state index contributed by atoms with van der Waals surface area (Å²) >= 11 is 0. The molecule has 1 atom stereocenters. The lowest BCUT2D eigenvalue weighted by molar-refractivity contribution is 0.192. The molecule has 2 aromatic carbocycles. The second-order valence-corrected chi connectivity index (χ2v) is 4.92. The highest BCUT2D eigenvalue weighted by molar-refractivity contribution is 5.82. The van der Waals surface area contributed by atoms with Crippen LogP contribution in [0.3, 0.4) is 0 Å². The second-order valence-electron chi connectivity index (χ2n) is 4.92. The van der Waals surface area contributed by atoms with Gasteiger partial charge in [-0.3, -0.25) is 0 Å². The Morgan fingerprint density at radius 1 is 1.00 bits per heavy atom. The van der Waals surface area contributed by atoms with Crippen molar-refractivity contribution < 1.29 is 18.3 Å². The molecule has 4 aromatic rings. The minimum Gasteiger partial charge on any atom is -0.464 e. The summed E-state index contributed by atoms with van der Waals surface area (Å²) in [6.45, 7) is 0. The fraction of sp³-hybridized carbons (Fsp3) is 0.0588. The van der Waals surface area contributed by atoms with Gasteiger partial charge in [0, 0.05) is 16.3 Å². The molecule has 3 nitrogen and oxygen atoms in total. The van der Waals surface area contributed by atoms with Crippen LogP contribution >= 0.6 is 0 Å². The van der Waals surface area contributed by atoms with Gasteiger partial charge in [-0.15, -0.1) is 0 Å². The fourth-order valence-corrected chi connectivity index (χ4v) is 2.53. The van der Waals surface area contributed by atoms with Crippen molar-refractivity contribution in [2.75, 3.05) is 0 Å². The number of fused-ring (bicyclic) bond motifs is 2. The summed E-state index contributed by atoms with van der Waals surface area (Å²) in [5, 5.41) is 12.0. The Labute approximate surface area is 119 Å². The Morgan fingerprint density at radius 3 is 2.76 bits per heavy atom. The molecule has 0 aliphatic rings. The molecule has 0 amide bonds. The highest BCUT2D eigenvalue weighted by Crippen LogP contribution is 2.33. The molecule has 0 aliphatic carbocycles. The van der Waals surface area contributed by atoms with E-state index in [4.69, 9.17) is 8.83 Å². The van der Waals surface area contributed by atoms with Gasteiger partial charge < -0.3 is 13.9 Å². The van der Waals surface area contributed by atoms with E-state index in [2.05, 4.69) is 0 Å². The summed E-state index contributed by atoms with van der Waals surface area (Å²) in [5.41, 5.74) is 1.87.